The molecular formula is C42H27N3. The first-order valence-corrected chi connectivity index (χ1v) is 15.5. The van der Waals surface area contributed by atoms with Crippen LogP contribution in [-0.4, -0.2) is 13.7 Å². The van der Waals surface area contributed by atoms with Crippen molar-refractivity contribution >= 4 is 65.4 Å². The Bertz CT molecular complexity index is 2690. The van der Waals surface area contributed by atoms with Gasteiger partial charge in [-0.3, -0.25) is 0 Å². The highest BCUT2D eigenvalue weighted by Gasteiger charge is 2.20. The van der Waals surface area contributed by atoms with Gasteiger partial charge in [-0.05, 0) is 66.7 Å². The third-order valence-electron chi connectivity index (χ3n) is 9.43. The van der Waals surface area contributed by atoms with E-state index < -0.39 is 0 Å². The zero-order chi connectivity index (χ0) is 29.5. The van der Waals surface area contributed by atoms with Gasteiger partial charge in [-0.2, -0.15) is 0 Å². The second-order valence-corrected chi connectivity index (χ2v) is 11.8. The standard InChI is InChI=1S/C42H27N3/c1-2-12-28(13-3-1)45-38-20-10-6-16-33(38)34-26-27-40-41(42(34)45)35-17-7-11-21-39(35)44(40)30-24-22-29(23-25-30)43-36-18-8-4-14-31(36)32-15-5-9-19-37(32)43/h1-27H. The molecule has 3 aromatic heterocycles. The minimum absolute atomic E-state index is 1.15. The predicted molar refractivity (Wildman–Crippen MR) is 189 cm³/mol. The Morgan fingerprint density at radius 1 is 0.244 bits per heavy atom. The SMILES string of the molecule is c1ccc(-n2c3ccccc3c3ccc4c(c5ccccc5n4-c4ccc(-n5c6ccccc6c6ccccc65)cc4)c32)cc1. The quantitative estimate of drug-likeness (QED) is 0.200. The molecule has 3 heteroatoms. The van der Waals surface area contributed by atoms with E-state index >= 15 is 0 Å². The number of hydrogen-bond donors (Lipinski definition) is 0. The molecule has 0 bridgehead atoms. The Hall–Kier alpha value is -6.06. The Labute approximate surface area is 259 Å². The summed E-state index contributed by atoms with van der Waals surface area (Å²) in [5, 5.41) is 7.62. The summed E-state index contributed by atoms with van der Waals surface area (Å²) in [6.45, 7) is 0. The van der Waals surface area contributed by atoms with Crippen LogP contribution in [-0.2, 0) is 0 Å². The van der Waals surface area contributed by atoms with Crippen LogP contribution in [0.25, 0.3) is 82.5 Å². The summed E-state index contributed by atoms with van der Waals surface area (Å²) in [7, 11) is 0. The van der Waals surface area contributed by atoms with Gasteiger partial charge < -0.3 is 13.7 Å². The topological polar surface area (TPSA) is 14.8 Å². The Balaban J connectivity index is 1.26. The van der Waals surface area contributed by atoms with Gasteiger partial charge >= 0.3 is 0 Å². The van der Waals surface area contributed by atoms with Gasteiger partial charge in [-0.1, -0.05) is 97.1 Å². The molecule has 0 amide bonds. The van der Waals surface area contributed by atoms with Gasteiger partial charge in [0, 0.05) is 49.4 Å². The number of fused-ring (bicyclic) bond motifs is 10. The lowest BCUT2D eigenvalue weighted by Crippen LogP contribution is -1.97. The summed E-state index contributed by atoms with van der Waals surface area (Å²) in [5.41, 5.74) is 10.8. The number of para-hydroxylation sites is 5. The van der Waals surface area contributed by atoms with Crippen LogP contribution in [0, 0.1) is 0 Å². The third-order valence-corrected chi connectivity index (χ3v) is 9.43. The van der Waals surface area contributed by atoms with Crippen molar-refractivity contribution in [2.45, 2.75) is 0 Å². The van der Waals surface area contributed by atoms with Crippen molar-refractivity contribution in [1.29, 1.82) is 0 Å². The molecule has 0 atom stereocenters. The molecule has 0 fully saturated rings. The van der Waals surface area contributed by atoms with Crippen LogP contribution in [0.15, 0.2) is 164 Å². The van der Waals surface area contributed by atoms with E-state index in [1.165, 1.54) is 71.1 Å². The molecule has 0 spiro atoms. The number of rotatable bonds is 3. The van der Waals surface area contributed by atoms with Gasteiger partial charge in [0.15, 0.2) is 0 Å². The molecule has 0 unspecified atom stereocenters. The van der Waals surface area contributed by atoms with E-state index in [1.54, 1.807) is 0 Å². The van der Waals surface area contributed by atoms with Crippen molar-refractivity contribution in [3.63, 3.8) is 0 Å². The van der Waals surface area contributed by atoms with Crippen molar-refractivity contribution in [3.8, 4) is 17.1 Å². The second kappa shape index (κ2) is 9.22. The first kappa shape index (κ1) is 24.4. The minimum Gasteiger partial charge on any atom is -0.309 e. The predicted octanol–water partition coefficient (Wildman–Crippen LogP) is 11.0. The molecule has 3 nitrogen and oxygen atoms in total. The highest BCUT2D eigenvalue weighted by atomic mass is 15.0. The van der Waals surface area contributed by atoms with Crippen LogP contribution in [0.4, 0.5) is 0 Å². The molecule has 0 aliphatic heterocycles. The molecule has 0 aliphatic carbocycles. The second-order valence-electron chi connectivity index (χ2n) is 11.8. The molecule has 0 radical (unpaired) electrons. The summed E-state index contributed by atoms with van der Waals surface area (Å²) >= 11 is 0. The fourth-order valence-electron chi connectivity index (χ4n) is 7.58. The summed E-state index contributed by atoms with van der Waals surface area (Å²) in [6.07, 6.45) is 0. The highest BCUT2D eigenvalue weighted by Crippen LogP contribution is 2.42. The van der Waals surface area contributed by atoms with Crippen LogP contribution in [0.2, 0.25) is 0 Å². The molecule has 3 heterocycles. The van der Waals surface area contributed by atoms with E-state index in [2.05, 4.69) is 177 Å². The zero-order valence-corrected chi connectivity index (χ0v) is 24.4. The van der Waals surface area contributed by atoms with E-state index in [1.807, 2.05) is 0 Å². The smallest absolute Gasteiger partial charge is 0.0641 e. The van der Waals surface area contributed by atoms with E-state index in [0.717, 1.165) is 11.4 Å². The fraction of sp³-hybridized carbons (Fsp3) is 0. The maximum absolute atomic E-state index is 2.44. The van der Waals surface area contributed by atoms with Crippen LogP contribution >= 0.6 is 0 Å². The van der Waals surface area contributed by atoms with E-state index in [4.69, 9.17) is 0 Å². The van der Waals surface area contributed by atoms with Crippen LogP contribution in [0.1, 0.15) is 0 Å². The van der Waals surface area contributed by atoms with Gasteiger partial charge in [0.1, 0.15) is 0 Å². The van der Waals surface area contributed by atoms with Crippen molar-refractivity contribution in [3.05, 3.63) is 164 Å². The lowest BCUT2D eigenvalue weighted by Gasteiger charge is -2.12. The molecule has 0 saturated heterocycles. The van der Waals surface area contributed by atoms with E-state index in [-0.39, 0.29) is 0 Å². The average molecular weight is 574 g/mol. The maximum Gasteiger partial charge on any atom is 0.0641 e. The van der Waals surface area contributed by atoms with Crippen molar-refractivity contribution in [2.24, 2.45) is 0 Å². The molecule has 10 aromatic rings. The largest absolute Gasteiger partial charge is 0.309 e. The van der Waals surface area contributed by atoms with Crippen LogP contribution in [0.3, 0.4) is 0 Å². The fourth-order valence-corrected chi connectivity index (χ4v) is 7.58. The van der Waals surface area contributed by atoms with Crippen LogP contribution < -0.4 is 0 Å². The first-order chi connectivity index (χ1) is 22.4. The number of aromatic nitrogens is 3. The molecule has 0 aliphatic rings. The maximum atomic E-state index is 2.44. The van der Waals surface area contributed by atoms with Gasteiger partial charge in [-0.25, -0.2) is 0 Å². The van der Waals surface area contributed by atoms with Gasteiger partial charge in [0.05, 0.1) is 33.1 Å². The van der Waals surface area contributed by atoms with Gasteiger partial charge in [0.25, 0.3) is 0 Å². The molecular weight excluding hydrogens is 546 g/mol. The number of nitrogens with zero attached hydrogens (tertiary/aromatic N) is 3. The normalized spacial score (nSPS) is 12.0. The van der Waals surface area contributed by atoms with Crippen LogP contribution in [0.5, 0.6) is 0 Å². The highest BCUT2D eigenvalue weighted by molar-refractivity contribution is 6.26. The Morgan fingerprint density at radius 3 is 1.22 bits per heavy atom. The number of hydrogen-bond acceptors (Lipinski definition) is 0. The lowest BCUT2D eigenvalue weighted by atomic mass is 10.1. The zero-order valence-electron chi connectivity index (χ0n) is 24.4. The lowest BCUT2D eigenvalue weighted by molar-refractivity contribution is 1.14. The first-order valence-electron chi connectivity index (χ1n) is 15.5. The van der Waals surface area contributed by atoms with Crippen molar-refractivity contribution in [2.75, 3.05) is 0 Å². The van der Waals surface area contributed by atoms with E-state index in [9.17, 15) is 0 Å². The van der Waals surface area contributed by atoms with Crippen molar-refractivity contribution in [1.82, 2.24) is 13.7 Å². The molecule has 10 rings (SSSR count). The molecule has 45 heavy (non-hydrogen) atoms. The summed E-state index contributed by atoms with van der Waals surface area (Å²) in [6, 6.07) is 59.4. The van der Waals surface area contributed by atoms with E-state index in [0.29, 0.717) is 0 Å². The molecule has 7 aromatic carbocycles. The summed E-state index contributed by atoms with van der Waals surface area (Å²) < 4.78 is 7.24. The summed E-state index contributed by atoms with van der Waals surface area (Å²) in [5.74, 6) is 0. The monoisotopic (exact) mass is 573 g/mol. The Kier molecular flexibility index (Phi) is 5.00. The minimum atomic E-state index is 1.15. The molecule has 210 valence electrons. The molecule has 0 saturated carbocycles. The molecule has 0 N–H and O–H groups in total. The Morgan fingerprint density at radius 2 is 0.644 bits per heavy atom. The third kappa shape index (κ3) is 3.35. The van der Waals surface area contributed by atoms with Gasteiger partial charge in [-0.15, -0.1) is 0 Å². The summed E-state index contributed by atoms with van der Waals surface area (Å²) in [4.78, 5) is 0. The van der Waals surface area contributed by atoms with Gasteiger partial charge in [0.2, 0.25) is 0 Å². The van der Waals surface area contributed by atoms with Crippen molar-refractivity contribution < 1.29 is 0 Å². The average Bonchev–Trinajstić information content (AvgIpc) is 3.75. The number of benzene rings is 7.